The average Bonchev–Trinajstić information content (AvgIpc) is 2.94. The first-order chi connectivity index (χ1) is 8.58. The second kappa shape index (κ2) is 5.28. The minimum atomic E-state index is -1.13. The summed E-state index contributed by atoms with van der Waals surface area (Å²) in [6, 6.07) is 1.98. The molecule has 18 heavy (non-hydrogen) atoms. The van der Waals surface area contributed by atoms with E-state index in [0.717, 1.165) is 21.8 Å². The highest BCUT2D eigenvalue weighted by Crippen LogP contribution is 2.15. The molecular weight excluding hydrogens is 272 g/mol. The molecule has 5 nitrogen and oxygen atoms in total. The zero-order valence-electron chi connectivity index (χ0n) is 9.47. The molecule has 0 spiro atoms. The molecule has 0 saturated carbocycles. The number of amides is 1. The molecule has 0 atom stereocenters. The predicted molar refractivity (Wildman–Crippen MR) is 69.3 cm³/mol. The van der Waals surface area contributed by atoms with E-state index in [4.69, 9.17) is 5.11 Å². The van der Waals surface area contributed by atoms with Crippen molar-refractivity contribution in [3.8, 4) is 0 Å². The SMILES string of the molecule is Cc1ccsc1CNC(=O)c1nc(C(=O)O)cs1. The topological polar surface area (TPSA) is 79.3 Å². The van der Waals surface area contributed by atoms with Crippen LogP contribution in [0.15, 0.2) is 16.8 Å². The van der Waals surface area contributed by atoms with Crippen LogP contribution in [0.5, 0.6) is 0 Å². The lowest BCUT2D eigenvalue weighted by Gasteiger charge is -2.01. The third-order valence-electron chi connectivity index (χ3n) is 2.30. The Morgan fingerprint density at radius 2 is 2.22 bits per heavy atom. The first-order valence-corrected chi connectivity index (χ1v) is 6.84. The monoisotopic (exact) mass is 282 g/mol. The van der Waals surface area contributed by atoms with Crippen molar-refractivity contribution in [3.05, 3.63) is 38.0 Å². The van der Waals surface area contributed by atoms with Crippen molar-refractivity contribution >= 4 is 34.6 Å². The lowest BCUT2D eigenvalue weighted by atomic mass is 10.3. The highest BCUT2D eigenvalue weighted by molar-refractivity contribution is 7.12. The molecule has 2 N–H and O–H groups in total. The summed E-state index contributed by atoms with van der Waals surface area (Å²) in [6.07, 6.45) is 0. The van der Waals surface area contributed by atoms with E-state index in [-0.39, 0.29) is 16.6 Å². The van der Waals surface area contributed by atoms with Gasteiger partial charge in [-0.05, 0) is 23.9 Å². The van der Waals surface area contributed by atoms with Gasteiger partial charge in [0.15, 0.2) is 10.7 Å². The highest BCUT2D eigenvalue weighted by atomic mass is 32.1. The van der Waals surface area contributed by atoms with Gasteiger partial charge in [0.25, 0.3) is 5.91 Å². The fourth-order valence-corrected chi connectivity index (χ4v) is 2.85. The minimum Gasteiger partial charge on any atom is -0.476 e. The van der Waals surface area contributed by atoms with E-state index in [1.54, 1.807) is 11.3 Å². The maximum absolute atomic E-state index is 11.7. The van der Waals surface area contributed by atoms with E-state index >= 15 is 0 Å². The Hall–Kier alpha value is -1.73. The van der Waals surface area contributed by atoms with E-state index in [2.05, 4.69) is 10.3 Å². The van der Waals surface area contributed by atoms with Gasteiger partial charge in [-0.2, -0.15) is 0 Å². The normalized spacial score (nSPS) is 10.3. The number of carboxylic acids is 1. The summed E-state index contributed by atoms with van der Waals surface area (Å²) in [5.74, 6) is -1.47. The van der Waals surface area contributed by atoms with Crippen LogP contribution in [0, 0.1) is 6.92 Å². The molecule has 0 aromatic carbocycles. The molecule has 0 bridgehead atoms. The number of nitrogens with one attached hydrogen (secondary N) is 1. The molecule has 0 radical (unpaired) electrons. The number of carbonyl (C=O) groups excluding carboxylic acids is 1. The maximum Gasteiger partial charge on any atom is 0.355 e. The van der Waals surface area contributed by atoms with Crippen molar-refractivity contribution in [2.45, 2.75) is 13.5 Å². The molecule has 2 aromatic rings. The van der Waals surface area contributed by atoms with Gasteiger partial charge in [-0.25, -0.2) is 9.78 Å². The Balaban J connectivity index is 1.99. The number of carboxylic acid groups (broad SMARTS) is 1. The number of hydrogen-bond donors (Lipinski definition) is 2. The third kappa shape index (κ3) is 2.74. The number of thiazole rings is 1. The summed E-state index contributed by atoms with van der Waals surface area (Å²) < 4.78 is 0. The van der Waals surface area contributed by atoms with Gasteiger partial charge in [-0.1, -0.05) is 0 Å². The molecule has 0 aliphatic heterocycles. The van der Waals surface area contributed by atoms with E-state index in [0.29, 0.717) is 6.54 Å². The Bertz CT molecular complexity index is 589. The van der Waals surface area contributed by atoms with Gasteiger partial charge in [-0.15, -0.1) is 22.7 Å². The minimum absolute atomic E-state index is 0.0996. The van der Waals surface area contributed by atoms with Gasteiger partial charge in [0, 0.05) is 10.3 Å². The second-order valence-electron chi connectivity index (χ2n) is 3.55. The molecule has 94 valence electrons. The van der Waals surface area contributed by atoms with E-state index in [1.807, 2.05) is 18.4 Å². The van der Waals surface area contributed by atoms with Crippen molar-refractivity contribution in [2.24, 2.45) is 0 Å². The van der Waals surface area contributed by atoms with Crippen LogP contribution in [0.3, 0.4) is 0 Å². The maximum atomic E-state index is 11.7. The Morgan fingerprint density at radius 3 is 2.78 bits per heavy atom. The van der Waals surface area contributed by atoms with E-state index < -0.39 is 5.97 Å². The summed E-state index contributed by atoms with van der Waals surface area (Å²) in [5, 5.41) is 14.9. The Labute approximate surface area is 111 Å². The Morgan fingerprint density at radius 1 is 1.44 bits per heavy atom. The summed E-state index contributed by atoms with van der Waals surface area (Å²) in [5.41, 5.74) is 1.03. The number of aromatic nitrogens is 1. The van der Waals surface area contributed by atoms with Crippen LogP contribution in [0.25, 0.3) is 0 Å². The first kappa shape index (κ1) is 12.7. The molecule has 0 aliphatic rings. The highest BCUT2D eigenvalue weighted by Gasteiger charge is 2.14. The fourth-order valence-electron chi connectivity index (χ4n) is 1.30. The largest absolute Gasteiger partial charge is 0.476 e. The van der Waals surface area contributed by atoms with Crippen molar-refractivity contribution < 1.29 is 14.7 Å². The van der Waals surface area contributed by atoms with Gasteiger partial charge >= 0.3 is 5.97 Å². The van der Waals surface area contributed by atoms with Crippen molar-refractivity contribution in [1.29, 1.82) is 0 Å². The molecule has 0 fully saturated rings. The smallest absolute Gasteiger partial charge is 0.355 e. The number of thiophene rings is 1. The summed E-state index contributed by atoms with van der Waals surface area (Å²) in [4.78, 5) is 27.2. The zero-order valence-corrected chi connectivity index (χ0v) is 11.1. The Kier molecular flexibility index (Phi) is 3.73. The average molecular weight is 282 g/mol. The second-order valence-corrected chi connectivity index (χ2v) is 5.41. The molecule has 2 aromatic heterocycles. The van der Waals surface area contributed by atoms with Gasteiger partial charge in [0.1, 0.15) is 0 Å². The standard InChI is InChI=1S/C11H10N2O3S2/c1-6-2-3-17-8(6)4-12-9(14)10-13-7(5-18-10)11(15)16/h2-3,5H,4H2,1H3,(H,12,14)(H,15,16). The number of rotatable bonds is 4. The van der Waals surface area contributed by atoms with Gasteiger partial charge in [0.2, 0.25) is 0 Å². The summed E-state index contributed by atoms with van der Waals surface area (Å²) >= 11 is 2.60. The zero-order chi connectivity index (χ0) is 13.1. The van der Waals surface area contributed by atoms with Crippen LogP contribution in [0.2, 0.25) is 0 Å². The van der Waals surface area contributed by atoms with Crippen LogP contribution in [-0.4, -0.2) is 22.0 Å². The van der Waals surface area contributed by atoms with Crippen molar-refractivity contribution in [3.63, 3.8) is 0 Å². The number of nitrogens with zero attached hydrogens (tertiary/aromatic N) is 1. The number of aryl methyl sites for hydroxylation is 1. The molecular formula is C11H10N2O3S2. The van der Waals surface area contributed by atoms with Crippen LogP contribution in [0.1, 0.15) is 30.7 Å². The molecule has 7 heteroatoms. The third-order valence-corrected chi connectivity index (χ3v) is 4.16. The molecule has 2 rings (SSSR count). The number of carbonyl (C=O) groups is 2. The number of hydrogen-bond acceptors (Lipinski definition) is 5. The van der Waals surface area contributed by atoms with Gasteiger partial charge < -0.3 is 10.4 Å². The van der Waals surface area contributed by atoms with Crippen molar-refractivity contribution in [1.82, 2.24) is 10.3 Å². The lowest BCUT2D eigenvalue weighted by molar-refractivity contribution is 0.0691. The van der Waals surface area contributed by atoms with E-state index in [9.17, 15) is 9.59 Å². The van der Waals surface area contributed by atoms with Gasteiger partial charge in [-0.3, -0.25) is 4.79 Å². The predicted octanol–water partition coefficient (Wildman–Crippen LogP) is 2.14. The van der Waals surface area contributed by atoms with Crippen LogP contribution < -0.4 is 5.32 Å². The molecule has 1 amide bonds. The summed E-state index contributed by atoms with van der Waals surface area (Å²) in [7, 11) is 0. The molecule has 2 heterocycles. The first-order valence-electron chi connectivity index (χ1n) is 5.08. The molecule has 0 aliphatic carbocycles. The number of aromatic carboxylic acids is 1. The van der Waals surface area contributed by atoms with Crippen LogP contribution >= 0.6 is 22.7 Å². The van der Waals surface area contributed by atoms with Crippen LogP contribution in [-0.2, 0) is 6.54 Å². The summed E-state index contributed by atoms with van der Waals surface area (Å²) in [6.45, 7) is 2.41. The fraction of sp³-hybridized carbons (Fsp3) is 0.182. The lowest BCUT2D eigenvalue weighted by Crippen LogP contribution is -2.22. The van der Waals surface area contributed by atoms with Gasteiger partial charge in [0.05, 0.1) is 6.54 Å². The van der Waals surface area contributed by atoms with Crippen molar-refractivity contribution in [2.75, 3.05) is 0 Å². The van der Waals surface area contributed by atoms with Crippen LogP contribution in [0.4, 0.5) is 0 Å². The molecule has 0 unspecified atom stereocenters. The molecule has 0 saturated heterocycles. The quantitative estimate of drug-likeness (QED) is 0.900. The van der Waals surface area contributed by atoms with E-state index in [1.165, 1.54) is 5.38 Å².